The highest BCUT2D eigenvalue weighted by molar-refractivity contribution is 5.96. The van der Waals surface area contributed by atoms with Gasteiger partial charge >= 0.3 is 0 Å². The Bertz CT molecular complexity index is 1340. The SMILES string of the molecule is O=C(N[C@H]1CCc2cc(O)c(O)c(O)c2-c2ccc(O)c(=O)cc21)c1cc(O)c(O)c(O)c1. The maximum absolute atomic E-state index is 12.9. The Morgan fingerprint density at radius 2 is 1.42 bits per heavy atom. The second-order valence-electron chi connectivity index (χ2n) is 7.65. The van der Waals surface area contributed by atoms with Crippen LogP contribution in [-0.2, 0) is 6.42 Å². The molecule has 10 nitrogen and oxygen atoms in total. The number of hydrogen-bond acceptors (Lipinski definition) is 9. The van der Waals surface area contributed by atoms with Crippen LogP contribution in [0, 0.1) is 0 Å². The fraction of sp³-hybridized carbons (Fsp3) is 0.130. The molecule has 0 saturated carbocycles. The zero-order valence-electron chi connectivity index (χ0n) is 16.9. The normalized spacial score (nSPS) is 14.6. The first-order valence-corrected chi connectivity index (χ1v) is 9.78. The molecular weight excluding hydrogens is 434 g/mol. The zero-order valence-corrected chi connectivity index (χ0v) is 16.9. The zero-order chi connectivity index (χ0) is 24.0. The predicted octanol–water partition coefficient (Wildman–Crippen LogP) is 2.07. The number of aromatic hydroxyl groups is 7. The number of phenols is 6. The summed E-state index contributed by atoms with van der Waals surface area (Å²) in [6.45, 7) is 0. The highest BCUT2D eigenvalue weighted by Crippen LogP contribution is 2.48. The van der Waals surface area contributed by atoms with Gasteiger partial charge in [-0.05, 0) is 59.9 Å². The Kier molecular flexibility index (Phi) is 5.13. The molecule has 1 aliphatic rings. The molecule has 0 radical (unpaired) electrons. The second kappa shape index (κ2) is 7.83. The number of benzene rings is 2. The molecule has 8 N–H and O–H groups in total. The molecule has 0 aromatic heterocycles. The number of amides is 1. The van der Waals surface area contributed by atoms with Gasteiger partial charge in [0.05, 0.1) is 6.04 Å². The second-order valence-corrected chi connectivity index (χ2v) is 7.65. The summed E-state index contributed by atoms with van der Waals surface area (Å²) in [5, 5.41) is 72.0. The van der Waals surface area contributed by atoms with E-state index >= 15 is 0 Å². The van der Waals surface area contributed by atoms with Crippen molar-refractivity contribution >= 4 is 5.91 Å². The van der Waals surface area contributed by atoms with Crippen LogP contribution in [0.1, 0.15) is 33.9 Å². The van der Waals surface area contributed by atoms with Gasteiger partial charge in [0, 0.05) is 11.1 Å². The topological polar surface area (TPSA) is 188 Å². The Balaban J connectivity index is 1.86. The van der Waals surface area contributed by atoms with Crippen molar-refractivity contribution in [1.29, 1.82) is 0 Å². The maximum atomic E-state index is 12.9. The van der Waals surface area contributed by atoms with E-state index in [1.54, 1.807) is 0 Å². The molecule has 10 heteroatoms. The fourth-order valence-electron chi connectivity index (χ4n) is 3.93. The number of carbonyl (C=O) groups is 1. The van der Waals surface area contributed by atoms with Gasteiger partial charge in [0.25, 0.3) is 5.91 Å². The third-order valence-corrected chi connectivity index (χ3v) is 5.58. The van der Waals surface area contributed by atoms with Crippen molar-refractivity contribution in [3.63, 3.8) is 0 Å². The molecule has 0 bridgehead atoms. The summed E-state index contributed by atoms with van der Waals surface area (Å²) < 4.78 is 0. The molecule has 0 aliphatic heterocycles. The van der Waals surface area contributed by atoms with Crippen LogP contribution in [0.15, 0.2) is 41.2 Å². The van der Waals surface area contributed by atoms with Crippen molar-refractivity contribution in [2.75, 3.05) is 0 Å². The first-order chi connectivity index (χ1) is 15.6. The number of carbonyl (C=O) groups excluding carboxylic acids is 1. The van der Waals surface area contributed by atoms with Gasteiger partial charge in [-0.15, -0.1) is 0 Å². The van der Waals surface area contributed by atoms with Crippen molar-refractivity contribution in [2.45, 2.75) is 18.9 Å². The molecule has 0 spiro atoms. The lowest BCUT2D eigenvalue weighted by atomic mass is 9.95. The van der Waals surface area contributed by atoms with E-state index in [0.29, 0.717) is 5.56 Å². The van der Waals surface area contributed by atoms with Crippen LogP contribution in [0.25, 0.3) is 11.1 Å². The van der Waals surface area contributed by atoms with Crippen LogP contribution in [0.4, 0.5) is 0 Å². The summed E-state index contributed by atoms with van der Waals surface area (Å²) in [4.78, 5) is 25.2. The predicted molar refractivity (Wildman–Crippen MR) is 115 cm³/mol. The molecule has 0 saturated heterocycles. The van der Waals surface area contributed by atoms with Gasteiger partial charge < -0.3 is 41.1 Å². The average molecular weight is 453 g/mol. The molecule has 0 unspecified atom stereocenters. The van der Waals surface area contributed by atoms with Crippen molar-refractivity contribution in [1.82, 2.24) is 5.32 Å². The van der Waals surface area contributed by atoms with Crippen LogP contribution in [0.3, 0.4) is 0 Å². The van der Waals surface area contributed by atoms with E-state index in [1.807, 2.05) is 0 Å². The molecule has 1 aliphatic carbocycles. The fourth-order valence-corrected chi connectivity index (χ4v) is 3.93. The van der Waals surface area contributed by atoms with Gasteiger partial charge in [0.15, 0.2) is 34.5 Å². The smallest absolute Gasteiger partial charge is 0.252 e. The quantitative estimate of drug-likeness (QED) is 0.269. The summed E-state index contributed by atoms with van der Waals surface area (Å²) in [5.74, 6) is -5.44. The van der Waals surface area contributed by atoms with Crippen molar-refractivity contribution in [2.24, 2.45) is 0 Å². The number of aryl methyl sites for hydroxylation is 1. The molecule has 1 atom stereocenters. The van der Waals surface area contributed by atoms with E-state index in [9.17, 15) is 45.3 Å². The number of rotatable bonds is 2. The number of fused-ring (bicyclic) bond motifs is 3. The summed E-state index contributed by atoms with van der Waals surface area (Å²) in [5.41, 5.74) is 0.0938. The van der Waals surface area contributed by atoms with Gasteiger partial charge in [-0.2, -0.15) is 0 Å². The van der Waals surface area contributed by atoms with E-state index in [1.165, 1.54) is 12.1 Å². The molecular formula is C23H19NO9. The van der Waals surface area contributed by atoms with Crippen LogP contribution >= 0.6 is 0 Å². The third kappa shape index (κ3) is 3.67. The number of phenolic OH excluding ortho intramolecular Hbond substituents is 6. The first-order valence-electron chi connectivity index (χ1n) is 9.78. The largest absolute Gasteiger partial charge is 0.504 e. The summed E-state index contributed by atoms with van der Waals surface area (Å²) >= 11 is 0. The highest BCUT2D eigenvalue weighted by Gasteiger charge is 2.29. The molecule has 33 heavy (non-hydrogen) atoms. The van der Waals surface area contributed by atoms with Gasteiger partial charge in [-0.25, -0.2) is 0 Å². The summed E-state index contributed by atoms with van der Waals surface area (Å²) in [6, 6.07) is 5.89. The van der Waals surface area contributed by atoms with Gasteiger partial charge in [0.1, 0.15) is 0 Å². The molecule has 170 valence electrons. The van der Waals surface area contributed by atoms with E-state index in [2.05, 4.69) is 5.32 Å². The minimum absolute atomic E-state index is 0.131. The third-order valence-electron chi connectivity index (χ3n) is 5.58. The van der Waals surface area contributed by atoms with Crippen LogP contribution in [0.2, 0.25) is 0 Å². The molecule has 0 heterocycles. The first kappa shape index (κ1) is 21.6. The van der Waals surface area contributed by atoms with Crippen molar-refractivity contribution in [3.05, 3.63) is 63.3 Å². The molecule has 0 fully saturated rings. The van der Waals surface area contributed by atoms with Crippen molar-refractivity contribution in [3.8, 4) is 51.4 Å². The maximum Gasteiger partial charge on any atom is 0.252 e. The molecule has 1 amide bonds. The Labute approximate surface area is 185 Å². The number of hydrogen-bond donors (Lipinski definition) is 8. The standard InChI is InChI=1S/C23H19NO9/c25-14-4-2-11-12(8-15(14)26)13(3-1-9-5-18(29)21(31)22(32)19(9)11)24-23(33)10-6-16(27)20(30)17(28)7-10/h2,4-8,13,27-32H,1,3H2,(H,24,33)(H,25,26)/t13-/m0/s1. The Morgan fingerprint density at radius 3 is 2.09 bits per heavy atom. The van der Waals surface area contributed by atoms with Gasteiger partial charge in [-0.1, -0.05) is 6.07 Å². The number of nitrogens with one attached hydrogen (secondary N) is 1. The molecule has 4 rings (SSSR count). The van der Waals surface area contributed by atoms with Crippen LogP contribution in [0.5, 0.6) is 40.2 Å². The average Bonchev–Trinajstić information content (AvgIpc) is 3.00. The monoisotopic (exact) mass is 453 g/mol. The Hall–Kier alpha value is -4.60. The van der Waals surface area contributed by atoms with Gasteiger partial charge in [-0.3, -0.25) is 9.59 Å². The van der Waals surface area contributed by atoms with Crippen molar-refractivity contribution < 1.29 is 40.5 Å². The van der Waals surface area contributed by atoms with E-state index < -0.39 is 57.6 Å². The van der Waals surface area contributed by atoms with Gasteiger partial charge in [0.2, 0.25) is 11.2 Å². The van der Waals surface area contributed by atoms with Crippen LogP contribution in [-0.4, -0.2) is 41.7 Å². The molecule has 3 aromatic rings. The van der Waals surface area contributed by atoms with E-state index in [4.69, 9.17) is 0 Å². The van der Waals surface area contributed by atoms with E-state index in [0.717, 1.165) is 24.3 Å². The Morgan fingerprint density at radius 1 is 0.788 bits per heavy atom. The van der Waals surface area contributed by atoms with Crippen LogP contribution < -0.4 is 10.7 Å². The van der Waals surface area contributed by atoms with E-state index in [-0.39, 0.29) is 35.1 Å². The lowest BCUT2D eigenvalue weighted by Gasteiger charge is -2.19. The highest BCUT2D eigenvalue weighted by atomic mass is 16.3. The lowest BCUT2D eigenvalue weighted by Crippen LogP contribution is -2.29. The lowest BCUT2D eigenvalue weighted by molar-refractivity contribution is 0.0934. The summed E-state index contributed by atoms with van der Waals surface area (Å²) in [7, 11) is 0. The molecule has 3 aromatic carbocycles. The summed E-state index contributed by atoms with van der Waals surface area (Å²) in [6.07, 6.45) is 0.405. The minimum Gasteiger partial charge on any atom is -0.504 e. The minimum atomic E-state index is -0.846.